The van der Waals surface area contributed by atoms with Crippen LogP contribution < -0.4 is 5.32 Å². The number of carbonyl (C=O) groups is 1. The first-order valence-corrected chi connectivity index (χ1v) is 11.6. The number of aromatic nitrogens is 2. The second-order valence-electron chi connectivity index (χ2n) is 11.2. The number of halogens is 3. The van der Waals surface area contributed by atoms with Crippen LogP contribution in [0, 0.1) is 16.7 Å². The van der Waals surface area contributed by atoms with Gasteiger partial charge in [0, 0.05) is 24.8 Å². The van der Waals surface area contributed by atoms with Crippen LogP contribution in [0.3, 0.4) is 0 Å². The molecule has 5 fully saturated rings. The highest BCUT2D eigenvalue weighted by Crippen LogP contribution is 2.63. The van der Waals surface area contributed by atoms with E-state index in [1.54, 1.807) is 0 Å². The van der Waals surface area contributed by atoms with Gasteiger partial charge in [0.25, 0.3) is 5.91 Å². The molecule has 32 heavy (non-hydrogen) atoms. The summed E-state index contributed by atoms with van der Waals surface area (Å²) in [4.78, 5) is 22.2. The first-order chi connectivity index (χ1) is 15.0. The molecular weight excluding hydrogens is 421 g/mol. The van der Waals surface area contributed by atoms with E-state index in [0.29, 0.717) is 24.5 Å². The molecule has 2 heterocycles. The molecule has 1 aliphatic heterocycles. The molecule has 1 aromatic rings. The number of alkyl halides is 3. The Balaban J connectivity index is 1.45. The van der Waals surface area contributed by atoms with Crippen LogP contribution in [0.4, 0.5) is 19.1 Å². The molecule has 4 atom stereocenters. The summed E-state index contributed by atoms with van der Waals surface area (Å²) in [5.74, 6) is -0.144. The summed E-state index contributed by atoms with van der Waals surface area (Å²) in [6.07, 6.45) is 3.69. The number of morpholine rings is 1. The van der Waals surface area contributed by atoms with Gasteiger partial charge in [0.2, 0.25) is 5.95 Å². The summed E-state index contributed by atoms with van der Waals surface area (Å²) in [5, 5.41) is 3.36. The number of carbonyl (C=O) groups excluding carboxylic acids is 1. The van der Waals surface area contributed by atoms with Crippen molar-refractivity contribution < 1.29 is 22.7 Å². The van der Waals surface area contributed by atoms with E-state index in [9.17, 15) is 18.0 Å². The Hall–Kier alpha value is -1.90. The van der Waals surface area contributed by atoms with Gasteiger partial charge in [-0.15, -0.1) is 0 Å². The van der Waals surface area contributed by atoms with E-state index in [2.05, 4.69) is 29.1 Å². The quantitative estimate of drug-likeness (QED) is 0.731. The molecule has 1 N–H and O–H groups in total. The van der Waals surface area contributed by atoms with Crippen molar-refractivity contribution in [3.8, 4) is 0 Å². The first kappa shape index (κ1) is 21.9. The van der Waals surface area contributed by atoms with Crippen LogP contribution in [0.2, 0.25) is 0 Å². The maximum atomic E-state index is 13.9. The predicted molar refractivity (Wildman–Crippen MR) is 112 cm³/mol. The Morgan fingerprint density at radius 3 is 2.53 bits per heavy atom. The van der Waals surface area contributed by atoms with Crippen molar-refractivity contribution in [3.63, 3.8) is 0 Å². The summed E-state index contributed by atoms with van der Waals surface area (Å²) < 4.78 is 47.0. The fraction of sp³-hybridized carbons (Fsp3) is 0.783. The third-order valence-corrected chi connectivity index (χ3v) is 8.03. The third kappa shape index (κ3) is 3.97. The van der Waals surface area contributed by atoms with Gasteiger partial charge in [-0.05, 0) is 61.7 Å². The average molecular weight is 453 g/mol. The molecule has 4 aliphatic carbocycles. The number of hydrogen-bond acceptors (Lipinski definition) is 5. The molecule has 1 saturated heterocycles. The monoisotopic (exact) mass is 452 g/mol. The van der Waals surface area contributed by atoms with Crippen LogP contribution in [0.15, 0.2) is 6.20 Å². The number of nitrogens with zero attached hydrogens (tertiary/aromatic N) is 3. The zero-order valence-corrected chi connectivity index (χ0v) is 18.7. The van der Waals surface area contributed by atoms with E-state index >= 15 is 0 Å². The van der Waals surface area contributed by atoms with Gasteiger partial charge in [0.05, 0.1) is 18.8 Å². The lowest BCUT2D eigenvalue weighted by Crippen LogP contribution is -2.50. The van der Waals surface area contributed by atoms with Crippen molar-refractivity contribution in [3.05, 3.63) is 17.5 Å². The number of rotatable bonds is 3. The van der Waals surface area contributed by atoms with Gasteiger partial charge in [-0.1, -0.05) is 13.8 Å². The highest BCUT2D eigenvalue weighted by molar-refractivity contribution is 5.95. The minimum Gasteiger partial charge on any atom is -0.378 e. The molecular formula is C23H31F3N4O2. The molecule has 176 valence electrons. The number of anilines is 1. The van der Waals surface area contributed by atoms with E-state index in [0.717, 1.165) is 31.9 Å². The van der Waals surface area contributed by atoms with Crippen molar-refractivity contribution in [1.29, 1.82) is 0 Å². The Morgan fingerprint density at radius 2 is 1.84 bits per heavy atom. The van der Waals surface area contributed by atoms with Crippen molar-refractivity contribution >= 4 is 11.9 Å². The zero-order valence-electron chi connectivity index (χ0n) is 18.7. The summed E-state index contributed by atoms with van der Waals surface area (Å²) in [5.41, 5.74) is -1.44. The second-order valence-corrected chi connectivity index (χ2v) is 11.2. The average Bonchev–Trinajstić information content (AvgIpc) is 2.85. The molecule has 5 aliphatic rings. The Bertz CT molecular complexity index is 919. The van der Waals surface area contributed by atoms with E-state index in [4.69, 9.17) is 4.74 Å². The maximum absolute atomic E-state index is 13.9. The Morgan fingerprint density at radius 1 is 1.12 bits per heavy atom. The lowest BCUT2D eigenvalue weighted by Gasteiger charge is -2.53. The minimum absolute atomic E-state index is 0.0237. The molecule has 4 saturated carbocycles. The number of ether oxygens (including phenoxy) is 1. The van der Waals surface area contributed by atoms with Gasteiger partial charge >= 0.3 is 6.18 Å². The smallest absolute Gasteiger partial charge is 0.378 e. The van der Waals surface area contributed by atoms with Gasteiger partial charge in [-0.2, -0.15) is 13.2 Å². The van der Waals surface area contributed by atoms with Gasteiger partial charge in [-0.25, -0.2) is 9.97 Å². The number of nitrogens with one attached hydrogen (secondary N) is 1. The number of amides is 1. The minimum atomic E-state index is -4.74. The van der Waals surface area contributed by atoms with Crippen LogP contribution in [0.5, 0.6) is 0 Å². The van der Waals surface area contributed by atoms with E-state index < -0.39 is 23.3 Å². The molecule has 1 aromatic heterocycles. The van der Waals surface area contributed by atoms with Crippen LogP contribution in [-0.2, 0) is 10.9 Å². The normalized spacial score (nSPS) is 36.8. The summed E-state index contributed by atoms with van der Waals surface area (Å²) in [6, 6.07) is 0. The molecule has 4 unspecified atom stereocenters. The fourth-order valence-corrected chi connectivity index (χ4v) is 7.43. The largest absolute Gasteiger partial charge is 0.434 e. The van der Waals surface area contributed by atoms with E-state index in [1.807, 2.05) is 0 Å². The fourth-order valence-electron chi connectivity index (χ4n) is 7.43. The number of hydrogen-bond donors (Lipinski definition) is 1. The van der Waals surface area contributed by atoms with Crippen LogP contribution in [0.1, 0.15) is 74.8 Å². The molecule has 0 radical (unpaired) electrons. The van der Waals surface area contributed by atoms with E-state index in [1.165, 1.54) is 24.2 Å². The number of fused-ring (bicyclic) bond motifs is 1. The second kappa shape index (κ2) is 7.30. The van der Waals surface area contributed by atoms with Crippen molar-refractivity contribution in [2.24, 2.45) is 16.7 Å². The molecule has 1 amide bonds. The van der Waals surface area contributed by atoms with Gasteiger partial charge in [0.15, 0.2) is 5.69 Å². The van der Waals surface area contributed by atoms with E-state index in [-0.39, 0.29) is 30.0 Å². The van der Waals surface area contributed by atoms with Gasteiger partial charge in [0.1, 0.15) is 0 Å². The highest BCUT2D eigenvalue weighted by Gasteiger charge is 2.56. The van der Waals surface area contributed by atoms with Crippen LogP contribution in [0.25, 0.3) is 0 Å². The summed E-state index contributed by atoms with van der Waals surface area (Å²) in [7, 11) is 0. The topological polar surface area (TPSA) is 67.4 Å². The molecule has 9 heteroatoms. The first-order valence-electron chi connectivity index (χ1n) is 11.6. The predicted octanol–water partition coefficient (Wildman–Crippen LogP) is 4.52. The summed E-state index contributed by atoms with van der Waals surface area (Å²) in [6.45, 7) is 5.84. The van der Waals surface area contributed by atoms with Crippen LogP contribution in [-0.4, -0.2) is 52.6 Å². The SMILES string of the molecule is CC12CCC3(Nc4ncc(C(=O)N5CCOCC5)c(C(F)(F)F)n4)CC(C1)CC(C)(C2)C3. The van der Waals surface area contributed by atoms with Crippen molar-refractivity contribution in [2.75, 3.05) is 31.6 Å². The standard InChI is InChI=1S/C23H31F3N4O2/c1-20-3-4-22(11-15(9-20)10-21(2,13-20)14-22)29-19-27-12-16(17(28-19)23(24,25)26)18(31)30-5-7-32-8-6-30/h12,15H,3-11,13-14H2,1-2H3,(H,27,28,29). The lowest BCUT2D eigenvalue weighted by atomic mass is 9.54. The molecule has 6 nitrogen and oxygen atoms in total. The van der Waals surface area contributed by atoms with Gasteiger partial charge in [-0.3, -0.25) is 4.79 Å². The van der Waals surface area contributed by atoms with Crippen molar-refractivity contribution in [1.82, 2.24) is 14.9 Å². The Kier molecular flexibility index (Phi) is 5.00. The maximum Gasteiger partial charge on any atom is 0.434 e. The zero-order chi connectivity index (χ0) is 22.8. The Labute approximate surface area is 186 Å². The summed E-state index contributed by atoms with van der Waals surface area (Å²) >= 11 is 0. The van der Waals surface area contributed by atoms with Crippen LogP contribution >= 0.6 is 0 Å². The molecule has 6 rings (SSSR count). The van der Waals surface area contributed by atoms with Gasteiger partial charge < -0.3 is 15.0 Å². The molecule has 4 bridgehead atoms. The molecule has 0 spiro atoms. The third-order valence-electron chi connectivity index (χ3n) is 8.03. The van der Waals surface area contributed by atoms with Crippen molar-refractivity contribution in [2.45, 2.75) is 70.5 Å². The highest BCUT2D eigenvalue weighted by atomic mass is 19.4. The lowest BCUT2D eigenvalue weighted by molar-refractivity contribution is -0.141. The molecule has 0 aromatic carbocycles.